The number of amides is 1. The van der Waals surface area contributed by atoms with Gasteiger partial charge in [0.15, 0.2) is 0 Å². The number of methoxy groups -OCH3 is 1. The third-order valence-electron chi connectivity index (χ3n) is 4.20. The fourth-order valence-electron chi connectivity index (χ4n) is 2.72. The van der Waals surface area contributed by atoms with Crippen molar-refractivity contribution in [1.82, 2.24) is 20.1 Å². The maximum atomic E-state index is 12.1. The Kier molecular flexibility index (Phi) is 5.63. The van der Waals surface area contributed by atoms with Crippen molar-refractivity contribution in [3.8, 4) is 17.0 Å². The molecule has 0 atom stereocenters. The lowest BCUT2D eigenvalue weighted by Gasteiger charge is -2.08. The zero-order valence-corrected chi connectivity index (χ0v) is 15.0. The number of ether oxygens (including phenoxy) is 1. The number of hydrogen-bond acceptors (Lipinski definition) is 4. The number of nitrogens with one attached hydrogen (secondary N) is 1. The van der Waals surface area contributed by atoms with Crippen molar-refractivity contribution >= 4 is 5.91 Å². The summed E-state index contributed by atoms with van der Waals surface area (Å²) in [6.07, 6.45) is 6.46. The van der Waals surface area contributed by atoms with Crippen LogP contribution in [0.3, 0.4) is 0 Å². The number of carbonyl (C=O) groups excluding carboxylic acids is 1. The quantitative estimate of drug-likeness (QED) is 0.711. The minimum Gasteiger partial charge on any atom is -0.497 e. The summed E-state index contributed by atoms with van der Waals surface area (Å²) >= 11 is 0. The van der Waals surface area contributed by atoms with Crippen molar-refractivity contribution < 1.29 is 9.53 Å². The van der Waals surface area contributed by atoms with Gasteiger partial charge in [0, 0.05) is 44.2 Å². The summed E-state index contributed by atoms with van der Waals surface area (Å²) in [5, 5.41) is 7.12. The molecule has 3 rings (SSSR count). The Bertz CT molecular complexity index is 872. The van der Waals surface area contributed by atoms with Gasteiger partial charge < -0.3 is 10.1 Å². The highest BCUT2D eigenvalue weighted by atomic mass is 16.5. The van der Waals surface area contributed by atoms with Gasteiger partial charge in [0.1, 0.15) is 5.75 Å². The first-order valence-electron chi connectivity index (χ1n) is 8.47. The van der Waals surface area contributed by atoms with Crippen LogP contribution in [0.2, 0.25) is 0 Å². The van der Waals surface area contributed by atoms with E-state index in [-0.39, 0.29) is 5.91 Å². The molecular weight excluding hydrogens is 328 g/mol. The molecule has 0 bridgehead atoms. The summed E-state index contributed by atoms with van der Waals surface area (Å²) in [4.78, 5) is 16.4. The maximum absolute atomic E-state index is 12.1. The molecule has 0 radical (unpaired) electrons. The molecule has 1 aromatic carbocycles. The van der Waals surface area contributed by atoms with E-state index >= 15 is 0 Å². The molecule has 0 unspecified atom stereocenters. The van der Waals surface area contributed by atoms with Gasteiger partial charge in [-0.05, 0) is 41.8 Å². The van der Waals surface area contributed by atoms with Gasteiger partial charge in [-0.3, -0.25) is 14.5 Å². The molecule has 2 heterocycles. The number of hydrogen-bond donors (Lipinski definition) is 1. The zero-order chi connectivity index (χ0) is 18.4. The van der Waals surface area contributed by atoms with Crippen LogP contribution in [0.15, 0.2) is 55.0 Å². The van der Waals surface area contributed by atoms with E-state index in [4.69, 9.17) is 4.74 Å². The average molecular weight is 350 g/mol. The highest BCUT2D eigenvalue weighted by Crippen LogP contribution is 2.18. The fourth-order valence-corrected chi connectivity index (χ4v) is 2.72. The van der Waals surface area contributed by atoms with Gasteiger partial charge in [-0.2, -0.15) is 5.10 Å². The van der Waals surface area contributed by atoms with Crippen LogP contribution in [-0.2, 0) is 24.8 Å². The van der Waals surface area contributed by atoms with E-state index in [2.05, 4.69) is 15.4 Å². The predicted molar refractivity (Wildman–Crippen MR) is 99.6 cm³/mol. The van der Waals surface area contributed by atoms with Gasteiger partial charge in [-0.15, -0.1) is 0 Å². The predicted octanol–water partition coefficient (Wildman–Crippen LogP) is 2.74. The summed E-state index contributed by atoms with van der Waals surface area (Å²) in [6.45, 7) is 0.458. The van der Waals surface area contributed by atoms with Crippen LogP contribution in [0, 0.1) is 0 Å². The highest BCUT2D eigenvalue weighted by molar-refractivity contribution is 5.76. The monoisotopic (exact) mass is 350 g/mol. The summed E-state index contributed by atoms with van der Waals surface area (Å²) in [7, 11) is 3.53. The number of aromatic nitrogens is 3. The molecule has 0 aliphatic heterocycles. The Labute approximate surface area is 152 Å². The summed E-state index contributed by atoms with van der Waals surface area (Å²) in [6, 6.07) is 11.7. The van der Waals surface area contributed by atoms with E-state index in [0.717, 1.165) is 28.1 Å². The van der Waals surface area contributed by atoms with Crippen LogP contribution in [0.5, 0.6) is 5.75 Å². The van der Waals surface area contributed by atoms with Crippen molar-refractivity contribution in [3.05, 3.63) is 66.1 Å². The lowest BCUT2D eigenvalue weighted by atomic mass is 10.1. The molecule has 0 aliphatic carbocycles. The third-order valence-corrected chi connectivity index (χ3v) is 4.20. The molecule has 134 valence electrons. The Hall–Kier alpha value is -3.15. The van der Waals surface area contributed by atoms with E-state index in [1.807, 2.05) is 43.4 Å². The molecule has 2 aromatic heterocycles. The van der Waals surface area contributed by atoms with Crippen LogP contribution >= 0.6 is 0 Å². The molecule has 6 nitrogen and oxygen atoms in total. The van der Waals surface area contributed by atoms with Crippen molar-refractivity contribution in [2.45, 2.75) is 19.4 Å². The highest BCUT2D eigenvalue weighted by Gasteiger charge is 2.06. The lowest BCUT2D eigenvalue weighted by Crippen LogP contribution is -2.23. The zero-order valence-electron chi connectivity index (χ0n) is 15.0. The Morgan fingerprint density at radius 1 is 1.15 bits per heavy atom. The largest absolute Gasteiger partial charge is 0.497 e. The molecule has 0 aliphatic rings. The first-order valence-corrected chi connectivity index (χ1v) is 8.47. The summed E-state index contributed by atoms with van der Waals surface area (Å²) < 4.78 is 6.94. The number of nitrogens with zero attached hydrogens (tertiary/aromatic N) is 3. The van der Waals surface area contributed by atoms with Gasteiger partial charge in [0.25, 0.3) is 0 Å². The molecule has 1 amide bonds. The van der Waals surface area contributed by atoms with E-state index in [9.17, 15) is 4.79 Å². The topological polar surface area (TPSA) is 69.0 Å². The smallest absolute Gasteiger partial charge is 0.220 e. The number of rotatable bonds is 7. The molecule has 0 spiro atoms. The van der Waals surface area contributed by atoms with Gasteiger partial charge in [-0.25, -0.2) is 0 Å². The number of carbonyl (C=O) groups is 1. The van der Waals surface area contributed by atoms with Crippen molar-refractivity contribution in [2.24, 2.45) is 7.05 Å². The van der Waals surface area contributed by atoms with Gasteiger partial charge >= 0.3 is 0 Å². The summed E-state index contributed by atoms with van der Waals surface area (Å²) in [5.74, 6) is 0.839. The van der Waals surface area contributed by atoms with E-state index < -0.39 is 0 Å². The first-order chi connectivity index (χ1) is 12.7. The van der Waals surface area contributed by atoms with Crippen LogP contribution in [0.25, 0.3) is 11.3 Å². The Morgan fingerprint density at radius 2 is 1.96 bits per heavy atom. The maximum Gasteiger partial charge on any atom is 0.220 e. The second kappa shape index (κ2) is 8.29. The molecule has 0 fully saturated rings. The number of benzene rings is 1. The van der Waals surface area contributed by atoms with Crippen molar-refractivity contribution in [2.75, 3.05) is 7.11 Å². The van der Waals surface area contributed by atoms with E-state index in [1.54, 1.807) is 30.4 Å². The number of aryl methyl sites for hydroxylation is 2. The van der Waals surface area contributed by atoms with E-state index in [0.29, 0.717) is 19.4 Å². The minimum absolute atomic E-state index is 0.0201. The SMILES string of the molecule is COc1ccc(CCC(=O)NCc2cncc(-c3ccnn3C)c2)cc1. The summed E-state index contributed by atoms with van der Waals surface area (Å²) in [5.41, 5.74) is 4.04. The molecule has 6 heteroatoms. The minimum atomic E-state index is 0.0201. The van der Waals surface area contributed by atoms with Crippen molar-refractivity contribution in [3.63, 3.8) is 0 Å². The van der Waals surface area contributed by atoms with Gasteiger partial charge in [0.05, 0.1) is 12.8 Å². The van der Waals surface area contributed by atoms with E-state index in [1.165, 1.54) is 0 Å². The fraction of sp³-hybridized carbons (Fsp3) is 0.250. The standard InChI is InChI=1S/C20H22N4O2/c1-24-19(9-10-23-24)17-11-16(12-21-14-17)13-22-20(25)8-5-15-3-6-18(26-2)7-4-15/h3-4,6-7,9-12,14H,5,8,13H2,1-2H3,(H,22,25). The molecule has 26 heavy (non-hydrogen) atoms. The molecule has 0 saturated carbocycles. The first kappa shape index (κ1) is 17.7. The lowest BCUT2D eigenvalue weighted by molar-refractivity contribution is -0.121. The second-order valence-electron chi connectivity index (χ2n) is 6.05. The molecule has 0 saturated heterocycles. The Balaban J connectivity index is 1.52. The number of pyridine rings is 1. The van der Waals surface area contributed by atoms with Crippen LogP contribution in [-0.4, -0.2) is 27.8 Å². The normalized spacial score (nSPS) is 10.5. The second-order valence-corrected chi connectivity index (χ2v) is 6.05. The van der Waals surface area contributed by atoms with Crippen LogP contribution < -0.4 is 10.1 Å². The van der Waals surface area contributed by atoms with Crippen LogP contribution in [0.1, 0.15) is 17.5 Å². The molecule has 1 N–H and O–H groups in total. The Morgan fingerprint density at radius 3 is 2.65 bits per heavy atom. The van der Waals surface area contributed by atoms with Gasteiger partial charge in [-0.1, -0.05) is 12.1 Å². The van der Waals surface area contributed by atoms with Crippen molar-refractivity contribution in [1.29, 1.82) is 0 Å². The third kappa shape index (κ3) is 4.47. The molecular formula is C20H22N4O2. The van der Waals surface area contributed by atoms with Crippen LogP contribution in [0.4, 0.5) is 0 Å². The van der Waals surface area contributed by atoms with Gasteiger partial charge in [0.2, 0.25) is 5.91 Å². The average Bonchev–Trinajstić information content (AvgIpc) is 3.11. The molecule has 3 aromatic rings.